The number of amidine groups is 1. The highest BCUT2D eigenvalue weighted by Crippen LogP contribution is 2.52. The Morgan fingerprint density at radius 2 is 2.29 bits per heavy atom. The fourth-order valence-electron chi connectivity index (χ4n) is 3.31. The Hall–Kier alpha value is -2.06. The van der Waals surface area contributed by atoms with E-state index in [1.54, 1.807) is 18.6 Å². The van der Waals surface area contributed by atoms with Crippen LogP contribution in [0.1, 0.15) is 30.8 Å². The number of carbonyl (C=O) groups excluding carboxylic acids is 1. The van der Waals surface area contributed by atoms with Crippen LogP contribution in [0, 0.1) is 5.92 Å². The van der Waals surface area contributed by atoms with Crippen LogP contribution >= 0.6 is 15.9 Å². The first kappa shape index (κ1) is 16.8. The van der Waals surface area contributed by atoms with Gasteiger partial charge in [-0.3, -0.25) is 5.21 Å². The molecule has 0 bridgehead atoms. The van der Waals surface area contributed by atoms with E-state index in [9.17, 15) is 4.79 Å². The highest BCUT2D eigenvalue weighted by atomic mass is 79.9. The van der Waals surface area contributed by atoms with Crippen molar-refractivity contribution in [2.24, 2.45) is 16.8 Å². The average molecular weight is 395 g/mol. The predicted octanol–water partition coefficient (Wildman–Crippen LogP) is 2.57. The number of hydrogen-bond acceptors (Lipinski definition) is 5. The second-order valence-corrected chi connectivity index (χ2v) is 6.83. The van der Waals surface area contributed by atoms with Crippen molar-refractivity contribution in [3.63, 3.8) is 0 Å². The van der Waals surface area contributed by atoms with Gasteiger partial charge in [0.2, 0.25) is 0 Å². The van der Waals surface area contributed by atoms with E-state index >= 15 is 0 Å². The molecule has 0 spiro atoms. The SMILES string of the molecule is CCOC(=O)c1cc2cc(Br)ccc2n1[C@@]1(/C(N)=N/NO)C[C@@H]1C. The summed E-state index contributed by atoms with van der Waals surface area (Å²) in [6, 6.07) is 7.57. The number of rotatable bonds is 5. The van der Waals surface area contributed by atoms with E-state index in [1.807, 2.05) is 29.7 Å². The molecule has 1 aromatic carbocycles. The number of aromatic nitrogens is 1. The molecule has 2 atom stereocenters. The number of nitrogens with zero attached hydrogens (tertiary/aromatic N) is 2. The molecule has 0 saturated heterocycles. The standard InChI is InChI=1S/C16H19BrN4O3/c1-3-24-14(22)13-7-10-6-11(17)4-5-12(10)21(13)16(8-9(16)2)15(18)19-20-23/h4-7,9,20,23H,3,8H2,1-2H3,(H2,18,19)/t9-,16-/m0/s1. The molecule has 1 aromatic heterocycles. The molecule has 1 aliphatic carbocycles. The van der Waals surface area contributed by atoms with Gasteiger partial charge in [-0.15, -0.1) is 5.10 Å². The number of carbonyl (C=O) groups is 1. The van der Waals surface area contributed by atoms with Crippen LogP contribution < -0.4 is 11.3 Å². The molecular weight excluding hydrogens is 376 g/mol. The van der Waals surface area contributed by atoms with Gasteiger partial charge in [-0.2, -0.15) is 5.59 Å². The number of halogens is 1. The minimum atomic E-state index is -0.659. The summed E-state index contributed by atoms with van der Waals surface area (Å²) in [5.41, 5.74) is 8.49. The van der Waals surface area contributed by atoms with Crippen molar-refractivity contribution in [3.05, 3.63) is 34.4 Å². The quantitative estimate of drug-likeness (QED) is 0.313. The first-order chi connectivity index (χ1) is 11.5. The van der Waals surface area contributed by atoms with Gasteiger partial charge < -0.3 is 15.0 Å². The number of ether oxygens (including phenoxy) is 1. The first-order valence-electron chi connectivity index (χ1n) is 7.67. The summed E-state index contributed by atoms with van der Waals surface area (Å²) in [6.07, 6.45) is 0.719. The summed E-state index contributed by atoms with van der Waals surface area (Å²) in [6.45, 7) is 4.08. The van der Waals surface area contributed by atoms with Crippen LogP contribution in [-0.2, 0) is 10.3 Å². The number of nitrogens with two attached hydrogens (primary N) is 1. The molecule has 1 fully saturated rings. The van der Waals surface area contributed by atoms with Crippen LogP contribution in [0.3, 0.4) is 0 Å². The van der Waals surface area contributed by atoms with Gasteiger partial charge in [0.25, 0.3) is 0 Å². The monoisotopic (exact) mass is 394 g/mol. The van der Waals surface area contributed by atoms with Crippen LogP contribution in [0.5, 0.6) is 0 Å². The molecule has 0 amide bonds. The highest BCUT2D eigenvalue weighted by Gasteiger charge is 2.58. The van der Waals surface area contributed by atoms with Gasteiger partial charge in [0, 0.05) is 15.4 Å². The van der Waals surface area contributed by atoms with Crippen molar-refractivity contribution >= 4 is 38.6 Å². The maximum absolute atomic E-state index is 12.5. The van der Waals surface area contributed by atoms with Gasteiger partial charge in [0.15, 0.2) is 0 Å². The Morgan fingerprint density at radius 3 is 2.88 bits per heavy atom. The van der Waals surface area contributed by atoms with Crippen molar-refractivity contribution < 1.29 is 14.7 Å². The third kappa shape index (κ3) is 2.46. The Morgan fingerprint density at radius 1 is 1.58 bits per heavy atom. The number of esters is 1. The van der Waals surface area contributed by atoms with Crippen LogP contribution in [0.4, 0.5) is 0 Å². The van der Waals surface area contributed by atoms with Crippen LogP contribution in [-0.4, -0.2) is 28.2 Å². The van der Waals surface area contributed by atoms with Crippen molar-refractivity contribution in [2.45, 2.75) is 25.8 Å². The summed E-state index contributed by atoms with van der Waals surface area (Å²) >= 11 is 3.45. The van der Waals surface area contributed by atoms with E-state index in [1.165, 1.54) is 0 Å². The van der Waals surface area contributed by atoms with Crippen molar-refractivity contribution in [1.29, 1.82) is 0 Å². The molecule has 128 valence electrons. The van der Waals surface area contributed by atoms with Gasteiger partial charge in [0.1, 0.15) is 17.1 Å². The average Bonchev–Trinajstić information content (AvgIpc) is 3.06. The summed E-state index contributed by atoms with van der Waals surface area (Å²) in [5.74, 6) is -0.0152. The van der Waals surface area contributed by atoms with Gasteiger partial charge >= 0.3 is 5.97 Å². The van der Waals surface area contributed by atoms with Gasteiger partial charge in [-0.05, 0) is 43.5 Å². The molecule has 0 aliphatic heterocycles. The molecule has 0 radical (unpaired) electrons. The zero-order chi connectivity index (χ0) is 17.5. The molecule has 4 N–H and O–H groups in total. The van der Waals surface area contributed by atoms with Crippen molar-refractivity contribution in [3.8, 4) is 0 Å². The highest BCUT2D eigenvalue weighted by molar-refractivity contribution is 9.10. The van der Waals surface area contributed by atoms with E-state index < -0.39 is 11.5 Å². The van der Waals surface area contributed by atoms with E-state index in [2.05, 4.69) is 21.0 Å². The third-order valence-corrected chi connectivity index (χ3v) is 5.03. The number of nitrogens with one attached hydrogen (secondary N) is 1. The molecule has 3 rings (SSSR count). The Labute approximate surface area is 147 Å². The molecule has 1 heterocycles. The molecular formula is C16H19BrN4O3. The Kier molecular flexibility index (Phi) is 4.27. The summed E-state index contributed by atoms with van der Waals surface area (Å²) in [7, 11) is 0. The number of fused-ring (bicyclic) bond motifs is 1. The second-order valence-electron chi connectivity index (χ2n) is 5.92. The summed E-state index contributed by atoms with van der Waals surface area (Å²) < 4.78 is 8.01. The number of hydrazone groups is 1. The maximum Gasteiger partial charge on any atom is 0.355 e. The lowest BCUT2D eigenvalue weighted by Gasteiger charge is -2.22. The molecule has 24 heavy (non-hydrogen) atoms. The maximum atomic E-state index is 12.5. The van der Waals surface area contributed by atoms with Gasteiger partial charge in [0.05, 0.1) is 6.61 Å². The molecule has 1 aliphatic rings. The van der Waals surface area contributed by atoms with E-state index in [-0.39, 0.29) is 18.4 Å². The fourth-order valence-corrected chi connectivity index (χ4v) is 3.69. The van der Waals surface area contributed by atoms with Crippen LogP contribution in [0.2, 0.25) is 0 Å². The van der Waals surface area contributed by atoms with Gasteiger partial charge in [-0.25, -0.2) is 4.79 Å². The second kappa shape index (κ2) is 6.10. The molecule has 7 nitrogen and oxygen atoms in total. The topological polar surface area (TPSA) is 102 Å². The number of benzene rings is 1. The zero-order valence-electron chi connectivity index (χ0n) is 13.4. The summed E-state index contributed by atoms with van der Waals surface area (Å²) in [5, 5.41) is 13.6. The van der Waals surface area contributed by atoms with E-state index in [0.717, 1.165) is 21.8 Å². The minimum Gasteiger partial charge on any atom is -0.461 e. The zero-order valence-corrected chi connectivity index (χ0v) is 15.0. The first-order valence-corrected chi connectivity index (χ1v) is 8.46. The lowest BCUT2D eigenvalue weighted by Crippen LogP contribution is -2.39. The lowest BCUT2D eigenvalue weighted by molar-refractivity contribution is 0.0512. The Bertz CT molecular complexity index is 832. The van der Waals surface area contributed by atoms with E-state index in [0.29, 0.717) is 5.69 Å². The summed E-state index contributed by atoms with van der Waals surface area (Å²) in [4.78, 5) is 12.5. The largest absolute Gasteiger partial charge is 0.461 e. The van der Waals surface area contributed by atoms with Crippen LogP contribution in [0.25, 0.3) is 10.9 Å². The normalized spacial score (nSPS) is 23.3. The van der Waals surface area contributed by atoms with E-state index in [4.69, 9.17) is 15.7 Å². The molecule has 1 saturated carbocycles. The lowest BCUT2D eigenvalue weighted by atomic mass is 10.1. The molecule has 2 aromatic rings. The molecule has 0 unspecified atom stereocenters. The fraction of sp³-hybridized carbons (Fsp3) is 0.375. The third-order valence-electron chi connectivity index (χ3n) is 4.53. The smallest absolute Gasteiger partial charge is 0.355 e. The predicted molar refractivity (Wildman–Crippen MR) is 93.9 cm³/mol. The minimum absolute atomic E-state index is 0.169. The van der Waals surface area contributed by atoms with Gasteiger partial charge in [-0.1, -0.05) is 22.9 Å². The molecule has 8 heteroatoms. The number of hydrogen-bond donors (Lipinski definition) is 3. The van der Waals surface area contributed by atoms with Crippen molar-refractivity contribution in [1.82, 2.24) is 10.2 Å². The van der Waals surface area contributed by atoms with Crippen molar-refractivity contribution in [2.75, 3.05) is 6.61 Å². The Balaban J connectivity index is 2.27. The van der Waals surface area contributed by atoms with Crippen LogP contribution in [0.15, 0.2) is 33.8 Å².